The predicted molar refractivity (Wildman–Crippen MR) is 75.9 cm³/mol. The monoisotopic (exact) mass is 271 g/mol. The number of rotatable bonds is 3. The highest BCUT2D eigenvalue weighted by Crippen LogP contribution is 2.19. The van der Waals surface area contributed by atoms with Gasteiger partial charge in [0.25, 0.3) is 0 Å². The van der Waals surface area contributed by atoms with Crippen molar-refractivity contribution in [1.29, 1.82) is 0 Å². The average molecular weight is 271 g/mol. The van der Waals surface area contributed by atoms with E-state index < -0.39 is 5.60 Å². The SMILES string of the molecule is CC(C)(C)OC(=O)N1CC(CN=CC(S)=CN)C1. The Morgan fingerprint density at radius 3 is 2.67 bits per heavy atom. The van der Waals surface area contributed by atoms with Crippen molar-refractivity contribution in [3.8, 4) is 0 Å². The number of aliphatic imine (C=N–C) groups is 1. The van der Waals surface area contributed by atoms with Gasteiger partial charge in [-0.1, -0.05) is 0 Å². The van der Waals surface area contributed by atoms with Crippen molar-refractivity contribution < 1.29 is 9.53 Å². The quantitative estimate of drug-likeness (QED) is 0.606. The first-order valence-electron chi connectivity index (χ1n) is 5.90. The lowest BCUT2D eigenvalue weighted by Crippen LogP contribution is -2.52. The molecule has 1 aliphatic heterocycles. The number of nitrogens with two attached hydrogens (primary N) is 1. The molecule has 1 saturated heterocycles. The van der Waals surface area contributed by atoms with Crippen LogP contribution >= 0.6 is 12.6 Å². The molecular formula is C12H21N3O2S. The van der Waals surface area contributed by atoms with Gasteiger partial charge in [-0.15, -0.1) is 12.6 Å². The van der Waals surface area contributed by atoms with E-state index in [2.05, 4.69) is 17.6 Å². The zero-order chi connectivity index (χ0) is 13.8. The van der Waals surface area contributed by atoms with Gasteiger partial charge in [-0.3, -0.25) is 4.99 Å². The van der Waals surface area contributed by atoms with E-state index in [0.717, 1.165) is 0 Å². The molecule has 0 unspecified atom stereocenters. The van der Waals surface area contributed by atoms with Crippen molar-refractivity contribution in [2.75, 3.05) is 19.6 Å². The van der Waals surface area contributed by atoms with E-state index in [0.29, 0.717) is 30.5 Å². The van der Waals surface area contributed by atoms with E-state index >= 15 is 0 Å². The summed E-state index contributed by atoms with van der Waals surface area (Å²) < 4.78 is 5.26. The summed E-state index contributed by atoms with van der Waals surface area (Å²) in [6, 6.07) is 0. The second-order valence-electron chi connectivity index (χ2n) is 5.34. The number of carbonyl (C=O) groups excluding carboxylic acids is 1. The number of allylic oxidation sites excluding steroid dienone is 1. The van der Waals surface area contributed by atoms with Crippen LogP contribution in [0.5, 0.6) is 0 Å². The maximum Gasteiger partial charge on any atom is 0.410 e. The molecule has 102 valence electrons. The smallest absolute Gasteiger partial charge is 0.410 e. The van der Waals surface area contributed by atoms with Crippen LogP contribution in [0, 0.1) is 5.92 Å². The Morgan fingerprint density at radius 1 is 1.56 bits per heavy atom. The molecule has 2 N–H and O–H groups in total. The summed E-state index contributed by atoms with van der Waals surface area (Å²) in [5.41, 5.74) is 4.82. The number of likely N-dealkylation sites (tertiary alicyclic amines) is 1. The van der Waals surface area contributed by atoms with Gasteiger partial charge in [0, 0.05) is 42.9 Å². The Hall–Kier alpha value is -1.17. The van der Waals surface area contributed by atoms with Gasteiger partial charge in [0.15, 0.2) is 0 Å². The van der Waals surface area contributed by atoms with Crippen LogP contribution in [0.2, 0.25) is 0 Å². The van der Waals surface area contributed by atoms with E-state index in [1.54, 1.807) is 11.1 Å². The minimum atomic E-state index is -0.437. The third kappa shape index (κ3) is 5.00. The lowest BCUT2D eigenvalue weighted by Gasteiger charge is -2.39. The van der Waals surface area contributed by atoms with Crippen molar-refractivity contribution in [3.63, 3.8) is 0 Å². The minimum absolute atomic E-state index is 0.250. The maximum atomic E-state index is 11.6. The lowest BCUT2D eigenvalue weighted by molar-refractivity contribution is 0.000418. The molecule has 0 spiro atoms. The summed E-state index contributed by atoms with van der Waals surface area (Å²) >= 11 is 4.08. The van der Waals surface area contributed by atoms with Gasteiger partial charge in [0.05, 0.1) is 0 Å². The van der Waals surface area contributed by atoms with Crippen molar-refractivity contribution in [2.24, 2.45) is 16.6 Å². The highest BCUT2D eigenvalue weighted by Gasteiger charge is 2.33. The van der Waals surface area contributed by atoms with Crippen LogP contribution in [0.15, 0.2) is 16.1 Å². The molecule has 1 heterocycles. The van der Waals surface area contributed by atoms with Crippen LogP contribution in [0.4, 0.5) is 4.79 Å². The standard InChI is InChI=1S/C12H21N3O2S/c1-12(2,3)17-11(16)15-7-9(8-15)5-14-6-10(18)4-13/h4,6,9,18H,5,7-8,13H2,1-3H3. The summed E-state index contributed by atoms with van der Waals surface area (Å²) in [7, 11) is 0. The zero-order valence-corrected chi connectivity index (χ0v) is 12.0. The Bertz CT molecular complexity index is 355. The lowest BCUT2D eigenvalue weighted by atomic mass is 10.0. The fourth-order valence-electron chi connectivity index (χ4n) is 1.50. The summed E-state index contributed by atoms with van der Waals surface area (Å²) in [6.45, 7) is 7.65. The third-order valence-corrected chi connectivity index (χ3v) is 2.63. The molecule has 6 heteroatoms. The van der Waals surface area contributed by atoms with Gasteiger partial charge in [-0.2, -0.15) is 0 Å². The molecule has 18 heavy (non-hydrogen) atoms. The van der Waals surface area contributed by atoms with Crippen LogP contribution in [-0.4, -0.2) is 42.4 Å². The molecule has 0 aromatic carbocycles. The van der Waals surface area contributed by atoms with E-state index in [1.165, 1.54) is 6.20 Å². The number of hydrogen-bond donors (Lipinski definition) is 2. The Morgan fingerprint density at radius 2 is 2.17 bits per heavy atom. The van der Waals surface area contributed by atoms with Gasteiger partial charge in [-0.25, -0.2) is 4.79 Å². The van der Waals surface area contributed by atoms with Crippen LogP contribution in [0.1, 0.15) is 20.8 Å². The molecule has 1 fully saturated rings. The first-order chi connectivity index (χ1) is 8.31. The summed E-state index contributed by atoms with van der Waals surface area (Å²) in [4.78, 5) is 18.2. The van der Waals surface area contributed by atoms with Crippen LogP contribution in [-0.2, 0) is 4.74 Å². The van der Waals surface area contributed by atoms with Crippen LogP contribution in [0.3, 0.4) is 0 Å². The van der Waals surface area contributed by atoms with Gasteiger partial charge in [-0.05, 0) is 20.8 Å². The van der Waals surface area contributed by atoms with Crippen LogP contribution in [0.25, 0.3) is 0 Å². The van der Waals surface area contributed by atoms with E-state index in [9.17, 15) is 4.79 Å². The van der Waals surface area contributed by atoms with Crippen molar-refractivity contribution in [3.05, 3.63) is 11.1 Å². The minimum Gasteiger partial charge on any atom is -0.444 e. The Kier molecular flexibility index (Phi) is 5.07. The topological polar surface area (TPSA) is 67.9 Å². The number of amides is 1. The fraction of sp³-hybridized carbons (Fsp3) is 0.667. The number of thiol groups is 1. The molecule has 0 saturated carbocycles. The zero-order valence-electron chi connectivity index (χ0n) is 11.1. The normalized spacial score (nSPS) is 18.0. The van der Waals surface area contributed by atoms with Crippen molar-refractivity contribution >= 4 is 24.9 Å². The molecule has 1 aliphatic rings. The number of nitrogens with zero attached hydrogens (tertiary/aromatic N) is 2. The Balaban J connectivity index is 2.24. The van der Waals surface area contributed by atoms with Crippen molar-refractivity contribution in [1.82, 2.24) is 4.90 Å². The third-order valence-electron chi connectivity index (χ3n) is 2.37. The molecule has 0 aromatic rings. The van der Waals surface area contributed by atoms with E-state index in [4.69, 9.17) is 10.5 Å². The second-order valence-corrected chi connectivity index (χ2v) is 5.85. The van der Waals surface area contributed by atoms with E-state index in [-0.39, 0.29) is 6.09 Å². The number of ether oxygens (including phenoxy) is 1. The summed E-state index contributed by atoms with van der Waals surface area (Å²) in [6.07, 6.45) is 2.76. The summed E-state index contributed by atoms with van der Waals surface area (Å²) in [5, 5.41) is 0. The van der Waals surface area contributed by atoms with Crippen molar-refractivity contribution in [2.45, 2.75) is 26.4 Å². The fourth-order valence-corrected chi connectivity index (χ4v) is 1.58. The first-order valence-corrected chi connectivity index (χ1v) is 6.35. The molecule has 1 amide bonds. The number of hydrogen-bond acceptors (Lipinski definition) is 5. The average Bonchev–Trinajstić information content (AvgIpc) is 2.17. The van der Waals surface area contributed by atoms with E-state index in [1.807, 2.05) is 20.8 Å². The molecule has 0 atom stereocenters. The molecular weight excluding hydrogens is 250 g/mol. The summed E-state index contributed by atoms with van der Waals surface area (Å²) in [5.74, 6) is 0.396. The largest absolute Gasteiger partial charge is 0.444 e. The first kappa shape index (κ1) is 14.9. The maximum absolute atomic E-state index is 11.6. The molecule has 1 rings (SSSR count). The predicted octanol–water partition coefficient (Wildman–Crippen LogP) is 1.65. The van der Waals surface area contributed by atoms with Gasteiger partial charge < -0.3 is 15.4 Å². The van der Waals surface area contributed by atoms with Crippen LogP contribution < -0.4 is 5.73 Å². The second kappa shape index (κ2) is 6.13. The van der Waals surface area contributed by atoms with Gasteiger partial charge in [0.1, 0.15) is 5.60 Å². The molecule has 0 aliphatic carbocycles. The molecule has 0 bridgehead atoms. The highest BCUT2D eigenvalue weighted by atomic mass is 32.1. The molecule has 0 aromatic heterocycles. The number of carbonyl (C=O) groups is 1. The van der Waals surface area contributed by atoms with Gasteiger partial charge >= 0.3 is 6.09 Å². The molecule has 0 radical (unpaired) electrons. The Labute approximate surface area is 113 Å². The highest BCUT2D eigenvalue weighted by molar-refractivity contribution is 7.85. The van der Waals surface area contributed by atoms with Gasteiger partial charge in [0.2, 0.25) is 0 Å². The molecule has 5 nitrogen and oxygen atoms in total.